The molecule has 0 fully saturated rings. The van der Waals surface area contributed by atoms with E-state index in [0.717, 1.165) is 0 Å². The zero-order valence-corrected chi connectivity index (χ0v) is 14.1. The van der Waals surface area contributed by atoms with Gasteiger partial charge in [0.1, 0.15) is 0 Å². The molecule has 22 heavy (non-hydrogen) atoms. The van der Waals surface area contributed by atoms with E-state index in [9.17, 15) is 0 Å². The van der Waals surface area contributed by atoms with Gasteiger partial charge in [-0.25, -0.2) is 0 Å². The molecule has 0 bridgehead atoms. The molecule has 0 spiro atoms. The van der Waals surface area contributed by atoms with Crippen LogP contribution in [0.2, 0.25) is 0 Å². The first-order valence-corrected chi connectivity index (χ1v) is 8.37. The van der Waals surface area contributed by atoms with Gasteiger partial charge in [0.25, 0.3) is 0 Å². The Morgan fingerprint density at radius 3 is 1.95 bits per heavy atom. The van der Waals surface area contributed by atoms with Gasteiger partial charge in [0.15, 0.2) is 0 Å². The minimum Gasteiger partial charge on any atom is -0.0889 e. The predicted octanol–water partition coefficient (Wildman–Crippen LogP) is 6.43. The first kappa shape index (κ1) is 14.9. The molecule has 3 rings (SSSR count). The summed E-state index contributed by atoms with van der Waals surface area (Å²) in [5.41, 5.74) is 6.60. The standard InChI is InChI=1S/C21H20S/c1-15-13-16(2)21(17(3)14-15)22-20-12-8-7-11-19(20)18-9-5-4-6-10-18/h4-14H,1-3H3. The summed E-state index contributed by atoms with van der Waals surface area (Å²) in [5, 5.41) is 0. The summed E-state index contributed by atoms with van der Waals surface area (Å²) < 4.78 is 0. The van der Waals surface area contributed by atoms with E-state index in [2.05, 4.69) is 87.5 Å². The Hall–Kier alpha value is -1.99. The van der Waals surface area contributed by atoms with Gasteiger partial charge in [-0.15, -0.1) is 0 Å². The van der Waals surface area contributed by atoms with E-state index in [0.29, 0.717) is 0 Å². The fourth-order valence-electron chi connectivity index (χ4n) is 2.85. The average Bonchev–Trinajstić information content (AvgIpc) is 2.52. The number of hydrogen-bond donors (Lipinski definition) is 0. The highest BCUT2D eigenvalue weighted by Crippen LogP contribution is 2.39. The molecule has 0 aromatic heterocycles. The van der Waals surface area contributed by atoms with Crippen LogP contribution in [0.3, 0.4) is 0 Å². The molecule has 0 aliphatic rings. The van der Waals surface area contributed by atoms with Crippen molar-refractivity contribution in [2.24, 2.45) is 0 Å². The van der Waals surface area contributed by atoms with Gasteiger partial charge in [-0.1, -0.05) is 78.0 Å². The minimum absolute atomic E-state index is 1.27. The largest absolute Gasteiger partial charge is 0.0889 e. The zero-order valence-electron chi connectivity index (χ0n) is 13.3. The van der Waals surface area contributed by atoms with E-state index in [-0.39, 0.29) is 0 Å². The van der Waals surface area contributed by atoms with Crippen LogP contribution in [-0.4, -0.2) is 0 Å². The van der Waals surface area contributed by atoms with Gasteiger partial charge < -0.3 is 0 Å². The number of benzene rings is 3. The third kappa shape index (κ3) is 3.10. The minimum atomic E-state index is 1.27. The van der Waals surface area contributed by atoms with E-state index in [1.165, 1.54) is 37.6 Å². The summed E-state index contributed by atoms with van der Waals surface area (Å²) in [7, 11) is 0. The Labute approximate surface area is 137 Å². The maximum atomic E-state index is 2.26. The molecule has 0 atom stereocenters. The Morgan fingerprint density at radius 1 is 0.682 bits per heavy atom. The highest BCUT2D eigenvalue weighted by Gasteiger charge is 2.10. The van der Waals surface area contributed by atoms with E-state index in [1.54, 1.807) is 0 Å². The molecule has 110 valence electrons. The molecule has 0 heterocycles. The van der Waals surface area contributed by atoms with Crippen LogP contribution in [0.5, 0.6) is 0 Å². The molecular weight excluding hydrogens is 284 g/mol. The monoisotopic (exact) mass is 304 g/mol. The van der Waals surface area contributed by atoms with Crippen LogP contribution in [0.1, 0.15) is 16.7 Å². The second kappa shape index (κ2) is 6.41. The fourth-order valence-corrected chi connectivity index (χ4v) is 3.95. The molecule has 1 heteroatoms. The summed E-state index contributed by atoms with van der Waals surface area (Å²) in [5.74, 6) is 0. The first-order valence-electron chi connectivity index (χ1n) is 7.55. The maximum Gasteiger partial charge on any atom is 0.0201 e. The highest BCUT2D eigenvalue weighted by molar-refractivity contribution is 7.99. The molecule has 3 aromatic rings. The fraction of sp³-hybridized carbons (Fsp3) is 0.143. The van der Waals surface area contributed by atoms with Crippen LogP contribution in [-0.2, 0) is 0 Å². The summed E-state index contributed by atoms with van der Waals surface area (Å²) in [4.78, 5) is 2.68. The molecule has 3 aromatic carbocycles. The predicted molar refractivity (Wildman–Crippen MR) is 96.7 cm³/mol. The molecule has 0 saturated heterocycles. The van der Waals surface area contributed by atoms with E-state index in [4.69, 9.17) is 0 Å². The summed E-state index contributed by atoms with van der Waals surface area (Å²) in [6.07, 6.45) is 0. The van der Waals surface area contributed by atoms with Crippen LogP contribution in [0.15, 0.2) is 76.5 Å². The molecule has 0 N–H and O–H groups in total. The van der Waals surface area contributed by atoms with E-state index >= 15 is 0 Å². The third-order valence-electron chi connectivity index (χ3n) is 3.79. The van der Waals surface area contributed by atoms with Crippen molar-refractivity contribution in [3.05, 3.63) is 83.4 Å². The van der Waals surface area contributed by atoms with Crippen molar-refractivity contribution in [2.75, 3.05) is 0 Å². The van der Waals surface area contributed by atoms with Crippen LogP contribution in [0.25, 0.3) is 11.1 Å². The van der Waals surface area contributed by atoms with Crippen LogP contribution >= 0.6 is 11.8 Å². The number of rotatable bonds is 3. The zero-order chi connectivity index (χ0) is 15.5. The third-order valence-corrected chi connectivity index (χ3v) is 5.21. The quantitative estimate of drug-likeness (QED) is 0.537. The van der Waals surface area contributed by atoms with Gasteiger partial charge in [0, 0.05) is 9.79 Å². The second-order valence-corrected chi connectivity index (χ2v) is 6.74. The number of hydrogen-bond acceptors (Lipinski definition) is 1. The Balaban J connectivity index is 2.04. The van der Waals surface area contributed by atoms with Crippen molar-refractivity contribution >= 4 is 11.8 Å². The van der Waals surface area contributed by atoms with Crippen LogP contribution < -0.4 is 0 Å². The molecule has 0 aliphatic carbocycles. The maximum absolute atomic E-state index is 2.26. The first-order chi connectivity index (χ1) is 10.6. The van der Waals surface area contributed by atoms with Gasteiger partial charge in [-0.3, -0.25) is 0 Å². The molecule has 0 unspecified atom stereocenters. The van der Waals surface area contributed by atoms with Gasteiger partial charge in [-0.05, 0) is 49.1 Å². The Kier molecular flexibility index (Phi) is 4.35. The van der Waals surface area contributed by atoms with Gasteiger partial charge in [0.05, 0.1) is 0 Å². The molecule has 0 amide bonds. The topological polar surface area (TPSA) is 0 Å². The van der Waals surface area contributed by atoms with Crippen molar-refractivity contribution in [1.29, 1.82) is 0 Å². The van der Waals surface area contributed by atoms with Crippen molar-refractivity contribution in [3.63, 3.8) is 0 Å². The van der Waals surface area contributed by atoms with E-state index < -0.39 is 0 Å². The number of aryl methyl sites for hydroxylation is 3. The molecular formula is C21H20S. The lowest BCUT2D eigenvalue weighted by atomic mass is 10.1. The van der Waals surface area contributed by atoms with Crippen molar-refractivity contribution in [2.45, 2.75) is 30.6 Å². The lowest BCUT2D eigenvalue weighted by molar-refractivity contribution is 1.19. The molecule has 0 radical (unpaired) electrons. The van der Waals surface area contributed by atoms with Crippen molar-refractivity contribution in [1.82, 2.24) is 0 Å². The SMILES string of the molecule is Cc1cc(C)c(Sc2ccccc2-c2ccccc2)c(C)c1. The average molecular weight is 304 g/mol. The normalized spacial score (nSPS) is 10.7. The van der Waals surface area contributed by atoms with Crippen molar-refractivity contribution in [3.8, 4) is 11.1 Å². The molecule has 0 nitrogen and oxygen atoms in total. The Morgan fingerprint density at radius 2 is 1.27 bits per heavy atom. The second-order valence-electron chi connectivity index (χ2n) is 5.69. The highest BCUT2D eigenvalue weighted by atomic mass is 32.2. The van der Waals surface area contributed by atoms with Gasteiger partial charge in [0.2, 0.25) is 0 Å². The van der Waals surface area contributed by atoms with E-state index in [1.807, 2.05) is 11.8 Å². The smallest absolute Gasteiger partial charge is 0.0201 e. The van der Waals surface area contributed by atoms with Crippen LogP contribution in [0.4, 0.5) is 0 Å². The summed E-state index contributed by atoms with van der Waals surface area (Å²) in [6.45, 7) is 6.56. The molecule has 0 saturated carbocycles. The van der Waals surface area contributed by atoms with Gasteiger partial charge in [-0.2, -0.15) is 0 Å². The summed E-state index contributed by atoms with van der Waals surface area (Å²) in [6, 6.07) is 23.8. The summed E-state index contributed by atoms with van der Waals surface area (Å²) >= 11 is 1.87. The van der Waals surface area contributed by atoms with Crippen LogP contribution in [0, 0.1) is 20.8 Å². The molecule has 0 aliphatic heterocycles. The Bertz CT molecular complexity index is 765. The lowest BCUT2D eigenvalue weighted by Crippen LogP contribution is -1.89. The van der Waals surface area contributed by atoms with Crippen molar-refractivity contribution < 1.29 is 0 Å². The van der Waals surface area contributed by atoms with Gasteiger partial charge >= 0.3 is 0 Å². The lowest BCUT2D eigenvalue weighted by Gasteiger charge is -2.14.